The molecule has 0 fully saturated rings. The lowest BCUT2D eigenvalue weighted by Gasteiger charge is -2.27. The summed E-state index contributed by atoms with van der Waals surface area (Å²) in [4.78, 5) is 5.82. The number of halogens is 3. The molecule has 0 aromatic carbocycles. The van der Waals surface area contributed by atoms with Crippen LogP contribution in [0.3, 0.4) is 0 Å². The van der Waals surface area contributed by atoms with Crippen LogP contribution >= 0.6 is 0 Å². The van der Waals surface area contributed by atoms with Crippen LogP contribution in [0.1, 0.15) is 25.8 Å². The van der Waals surface area contributed by atoms with Crippen molar-refractivity contribution in [3.63, 3.8) is 0 Å². The Kier molecular flexibility index (Phi) is 4.95. The zero-order valence-electron chi connectivity index (χ0n) is 10.5. The molecule has 1 aromatic heterocycles. The Bertz CT molecular complexity index is 360. The summed E-state index contributed by atoms with van der Waals surface area (Å²) in [5, 5.41) is 0. The molecule has 0 spiro atoms. The van der Waals surface area contributed by atoms with Crippen molar-refractivity contribution in [2.45, 2.75) is 32.5 Å². The fraction of sp³-hybridized carbons (Fsp3) is 0.583. The fourth-order valence-electron chi connectivity index (χ4n) is 1.62. The van der Waals surface area contributed by atoms with Crippen molar-refractivity contribution in [2.24, 2.45) is 5.73 Å². The predicted octanol–water partition coefficient (Wildman–Crippen LogP) is 2.66. The quantitative estimate of drug-likeness (QED) is 0.886. The van der Waals surface area contributed by atoms with Crippen LogP contribution in [0, 0.1) is 0 Å². The van der Waals surface area contributed by atoms with E-state index in [-0.39, 0.29) is 6.04 Å². The fourth-order valence-corrected chi connectivity index (χ4v) is 1.62. The van der Waals surface area contributed by atoms with Gasteiger partial charge in [0.2, 0.25) is 0 Å². The highest BCUT2D eigenvalue weighted by molar-refractivity contribution is 5.40. The second-order valence-electron chi connectivity index (χ2n) is 4.33. The lowest BCUT2D eigenvalue weighted by molar-refractivity contribution is -0.137. The van der Waals surface area contributed by atoms with Gasteiger partial charge in [-0.2, -0.15) is 13.2 Å². The average Bonchev–Trinajstić information content (AvgIpc) is 2.28. The molecule has 18 heavy (non-hydrogen) atoms. The third-order valence-electron chi connectivity index (χ3n) is 2.60. The SMILES string of the molecule is CC(C)N(CCCN)c1ccc(C(F)(F)F)cn1. The molecule has 0 saturated heterocycles. The number of hydrogen-bond donors (Lipinski definition) is 1. The molecule has 1 heterocycles. The highest BCUT2D eigenvalue weighted by Gasteiger charge is 2.30. The molecule has 0 aliphatic carbocycles. The zero-order chi connectivity index (χ0) is 13.8. The van der Waals surface area contributed by atoms with Crippen LogP contribution in [-0.2, 0) is 6.18 Å². The number of nitrogens with zero attached hydrogens (tertiary/aromatic N) is 2. The Morgan fingerprint density at radius 2 is 2.00 bits per heavy atom. The Balaban J connectivity index is 2.87. The minimum atomic E-state index is -4.34. The number of hydrogen-bond acceptors (Lipinski definition) is 3. The largest absolute Gasteiger partial charge is 0.417 e. The van der Waals surface area contributed by atoms with E-state index >= 15 is 0 Å². The molecular weight excluding hydrogens is 243 g/mol. The van der Waals surface area contributed by atoms with Crippen molar-refractivity contribution in [2.75, 3.05) is 18.0 Å². The van der Waals surface area contributed by atoms with Crippen LogP contribution in [0.5, 0.6) is 0 Å². The number of pyridine rings is 1. The van der Waals surface area contributed by atoms with Gasteiger partial charge < -0.3 is 10.6 Å². The Morgan fingerprint density at radius 1 is 1.33 bits per heavy atom. The molecule has 6 heteroatoms. The van der Waals surface area contributed by atoms with Crippen molar-refractivity contribution < 1.29 is 13.2 Å². The van der Waals surface area contributed by atoms with Gasteiger partial charge in [0.1, 0.15) is 5.82 Å². The summed E-state index contributed by atoms with van der Waals surface area (Å²) in [6, 6.07) is 2.63. The van der Waals surface area contributed by atoms with Gasteiger partial charge in [0.05, 0.1) is 5.56 Å². The molecule has 0 bridgehead atoms. The van der Waals surface area contributed by atoms with Gasteiger partial charge in [0, 0.05) is 18.8 Å². The molecule has 3 nitrogen and oxygen atoms in total. The van der Waals surface area contributed by atoms with Gasteiger partial charge in [-0.05, 0) is 38.9 Å². The Hall–Kier alpha value is -1.30. The second-order valence-corrected chi connectivity index (χ2v) is 4.33. The molecule has 1 aromatic rings. The molecular formula is C12H18F3N3. The minimum Gasteiger partial charge on any atom is -0.354 e. The van der Waals surface area contributed by atoms with Crippen LogP contribution in [0.15, 0.2) is 18.3 Å². The normalized spacial score (nSPS) is 11.9. The van der Waals surface area contributed by atoms with Gasteiger partial charge in [0.25, 0.3) is 0 Å². The summed E-state index contributed by atoms with van der Waals surface area (Å²) in [5.41, 5.74) is 4.71. The van der Waals surface area contributed by atoms with Crippen molar-refractivity contribution in [3.05, 3.63) is 23.9 Å². The molecule has 0 aliphatic rings. The van der Waals surface area contributed by atoms with Crippen LogP contribution in [-0.4, -0.2) is 24.1 Å². The highest BCUT2D eigenvalue weighted by Crippen LogP contribution is 2.29. The van der Waals surface area contributed by atoms with E-state index in [1.807, 2.05) is 18.7 Å². The monoisotopic (exact) mass is 261 g/mol. The summed E-state index contributed by atoms with van der Waals surface area (Å²) < 4.78 is 37.2. The standard InChI is InChI=1S/C12H18F3N3/c1-9(2)18(7-3-6-16)11-5-4-10(8-17-11)12(13,14)15/h4-5,8-9H,3,6-7,16H2,1-2H3. The van der Waals surface area contributed by atoms with E-state index in [2.05, 4.69) is 4.98 Å². The second kappa shape index (κ2) is 6.04. The van der Waals surface area contributed by atoms with E-state index in [1.54, 1.807) is 0 Å². The summed E-state index contributed by atoms with van der Waals surface area (Å²) in [5.74, 6) is 0.548. The molecule has 102 valence electrons. The van der Waals surface area contributed by atoms with E-state index in [4.69, 9.17) is 5.73 Å². The third-order valence-corrected chi connectivity index (χ3v) is 2.60. The van der Waals surface area contributed by atoms with Crippen LogP contribution in [0.2, 0.25) is 0 Å². The maximum Gasteiger partial charge on any atom is 0.417 e. The zero-order valence-corrected chi connectivity index (χ0v) is 10.5. The van der Waals surface area contributed by atoms with Gasteiger partial charge in [-0.1, -0.05) is 0 Å². The summed E-state index contributed by atoms with van der Waals surface area (Å²) in [7, 11) is 0. The number of aromatic nitrogens is 1. The smallest absolute Gasteiger partial charge is 0.354 e. The van der Waals surface area contributed by atoms with Crippen molar-refractivity contribution in [1.29, 1.82) is 0 Å². The summed E-state index contributed by atoms with van der Waals surface area (Å²) >= 11 is 0. The molecule has 1 rings (SSSR count). The van der Waals surface area contributed by atoms with Crippen molar-refractivity contribution in [1.82, 2.24) is 4.98 Å². The molecule has 2 N–H and O–H groups in total. The topological polar surface area (TPSA) is 42.1 Å². The predicted molar refractivity (Wildman–Crippen MR) is 65.4 cm³/mol. The van der Waals surface area contributed by atoms with E-state index in [1.165, 1.54) is 6.07 Å². The number of rotatable bonds is 5. The molecule has 0 radical (unpaired) electrons. The van der Waals surface area contributed by atoms with Gasteiger partial charge in [-0.15, -0.1) is 0 Å². The number of anilines is 1. The van der Waals surface area contributed by atoms with E-state index in [0.29, 0.717) is 18.9 Å². The van der Waals surface area contributed by atoms with Gasteiger partial charge in [0.15, 0.2) is 0 Å². The lowest BCUT2D eigenvalue weighted by Crippen LogP contribution is -2.33. The molecule has 0 atom stereocenters. The molecule has 0 unspecified atom stereocenters. The van der Waals surface area contributed by atoms with E-state index < -0.39 is 11.7 Å². The average molecular weight is 261 g/mol. The van der Waals surface area contributed by atoms with Crippen LogP contribution in [0.25, 0.3) is 0 Å². The first-order chi connectivity index (χ1) is 8.36. The van der Waals surface area contributed by atoms with Crippen LogP contribution < -0.4 is 10.6 Å². The first-order valence-electron chi connectivity index (χ1n) is 5.86. The first kappa shape index (κ1) is 14.8. The Morgan fingerprint density at radius 3 is 2.39 bits per heavy atom. The lowest BCUT2D eigenvalue weighted by atomic mass is 10.2. The molecule has 0 aliphatic heterocycles. The van der Waals surface area contributed by atoms with Gasteiger partial charge >= 0.3 is 6.18 Å². The summed E-state index contributed by atoms with van der Waals surface area (Å²) in [6.07, 6.45) is -2.69. The summed E-state index contributed by atoms with van der Waals surface area (Å²) in [6.45, 7) is 5.17. The molecule has 0 saturated carbocycles. The minimum absolute atomic E-state index is 0.167. The number of nitrogens with two attached hydrogens (primary N) is 1. The number of alkyl halides is 3. The van der Waals surface area contributed by atoms with E-state index in [0.717, 1.165) is 18.7 Å². The molecule has 0 amide bonds. The maximum absolute atomic E-state index is 12.4. The van der Waals surface area contributed by atoms with Crippen molar-refractivity contribution in [3.8, 4) is 0 Å². The van der Waals surface area contributed by atoms with Gasteiger partial charge in [-0.3, -0.25) is 0 Å². The third kappa shape index (κ3) is 3.87. The van der Waals surface area contributed by atoms with Crippen molar-refractivity contribution >= 4 is 5.82 Å². The first-order valence-corrected chi connectivity index (χ1v) is 5.86. The van der Waals surface area contributed by atoms with Gasteiger partial charge in [-0.25, -0.2) is 4.98 Å². The van der Waals surface area contributed by atoms with Crippen LogP contribution in [0.4, 0.5) is 19.0 Å². The Labute approximate surface area is 105 Å². The maximum atomic E-state index is 12.4. The van der Waals surface area contributed by atoms with E-state index in [9.17, 15) is 13.2 Å². The highest BCUT2D eigenvalue weighted by atomic mass is 19.4.